The Balaban J connectivity index is 2.66. The van der Waals surface area contributed by atoms with Gasteiger partial charge in [-0.25, -0.2) is 4.99 Å². The molecule has 1 N–H and O–H groups in total. The molecule has 0 fully saturated rings. The maximum atomic E-state index is 5.11. The van der Waals surface area contributed by atoms with Gasteiger partial charge >= 0.3 is 0 Å². The van der Waals surface area contributed by atoms with E-state index in [1.165, 1.54) is 0 Å². The topological polar surface area (TPSA) is 33.6 Å². The van der Waals surface area contributed by atoms with Gasteiger partial charge in [-0.2, -0.15) is 0 Å². The lowest BCUT2D eigenvalue weighted by Gasteiger charge is -2.29. The summed E-state index contributed by atoms with van der Waals surface area (Å²) in [5.41, 5.74) is 0.119. The number of nitrogens with one attached hydrogen (secondary N) is 1. The first-order chi connectivity index (χ1) is 5.56. The lowest BCUT2D eigenvalue weighted by atomic mass is 10.0. The molecule has 4 heteroatoms. The zero-order valence-corrected chi connectivity index (χ0v) is 8.86. The van der Waals surface area contributed by atoms with Gasteiger partial charge in [-0.15, -0.1) is 0 Å². The minimum absolute atomic E-state index is 0.119. The van der Waals surface area contributed by atoms with E-state index in [4.69, 9.17) is 4.74 Å². The van der Waals surface area contributed by atoms with Crippen LogP contribution in [0.4, 0.5) is 0 Å². The summed E-state index contributed by atoms with van der Waals surface area (Å²) in [6.07, 6.45) is 0. The van der Waals surface area contributed by atoms with E-state index in [0.29, 0.717) is 11.9 Å². The predicted octanol–water partition coefficient (Wildman–Crippen LogP) is 1.45. The van der Waals surface area contributed by atoms with Crippen LogP contribution in [0.2, 0.25) is 0 Å². The van der Waals surface area contributed by atoms with Gasteiger partial charge in [0, 0.05) is 10.8 Å². The molecule has 1 aliphatic heterocycles. The van der Waals surface area contributed by atoms with Crippen molar-refractivity contribution >= 4 is 17.0 Å². The van der Waals surface area contributed by atoms with E-state index < -0.39 is 0 Å². The number of ether oxygens (including phenoxy) is 1. The van der Waals surface area contributed by atoms with Gasteiger partial charge in [-0.1, -0.05) is 18.7 Å². The summed E-state index contributed by atoms with van der Waals surface area (Å²) in [5, 5.41) is 4.60. The number of nitrogens with zero attached hydrogens (tertiary/aromatic N) is 1. The van der Waals surface area contributed by atoms with Gasteiger partial charge in [0.1, 0.15) is 0 Å². The van der Waals surface area contributed by atoms with E-state index in [9.17, 15) is 0 Å². The SMILES string of the molecule is COC1=NCNC(C)(C)C(C)S1. The summed E-state index contributed by atoms with van der Waals surface area (Å²) in [6.45, 7) is 7.18. The van der Waals surface area contributed by atoms with Crippen molar-refractivity contribution in [3.8, 4) is 0 Å². The number of hydrogen-bond donors (Lipinski definition) is 1. The summed E-state index contributed by atoms with van der Waals surface area (Å²) in [6, 6.07) is 0. The molecule has 0 aromatic carbocycles. The van der Waals surface area contributed by atoms with Crippen LogP contribution >= 0.6 is 11.8 Å². The van der Waals surface area contributed by atoms with Gasteiger partial charge in [0.05, 0.1) is 13.8 Å². The molecular formula is C8H16N2OS. The van der Waals surface area contributed by atoms with Crippen LogP contribution in [0.25, 0.3) is 0 Å². The summed E-state index contributed by atoms with van der Waals surface area (Å²) in [7, 11) is 1.66. The lowest BCUT2D eigenvalue weighted by molar-refractivity contribution is 0.393. The third-order valence-electron chi connectivity index (χ3n) is 2.21. The summed E-state index contributed by atoms with van der Waals surface area (Å²) in [5.74, 6) is 0. The molecule has 70 valence electrons. The van der Waals surface area contributed by atoms with Crippen LogP contribution in [0.15, 0.2) is 4.99 Å². The normalized spacial score (nSPS) is 29.0. The lowest BCUT2D eigenvalue weighted by Crippen LogP contribution is -2.45. The van der Waals surface area contributed by atoms with Crippen LogP contribution in [0.5, 0.6) is 0 Å². The van der Waals surface area contributed by atoms with E-state index in [1.807, 2.05) is 0 Å². The van der Waals surface area contributed by atoms with Crippen LogP contribution in [0, 0.1) is 0 Å². The monoisotopic (exact) mass is 188 g/mol. The van der Waals surface area contributed by atoms with Crippen molar-refractivity contribution in [1.29, 1.82) is 0 Å². The fourth-order valence-corrected chi connectivity index (χ4v) is 1.82. The molecule has 1 rings (SSSR count). The zero-order chi connectivity index (χ0) is 9.19. The first kappa shape index (κ1) is 9.86. The van der Waals surface area contributed by atoms with Crippen LogP contribution in [0.1, 0.15) is 20.8 Å². The fourth-order valence-electron chi connectivity index (χ4n) is 0.900. The highest BCUT2D eigenvalue weighted by atomic mass is 32.2. The second kappa shape index (κ2) is 3.66. The molecule has 1 heterocycles. The molecule has 0 spiro atoms. The van der Waals surface area contributed by atoms with Crippen LogP contribution < -0.4 is 5.32 Å². The molecule has 1 atom stereocenters. The summed E-state index contributed by atoms with van der Waals surface area (Å²) >= 11 is 1.68. The van der Waals surface area contributed by atoms with Gasteiger partial charge in [-0.3, -0.25) is 5.32 Å². The Morgan fingerprint density at radius 1 is 1.67 bits per heavy atom. The van der Waals surface area contributed by atoms with Gasteiger partial charge < -0.3 is 4.74 Å². The maximum Gasteiger partial charge on any atom is 0.247 e. The number of methoxy groups -OCH3 is 1. The van der Waals surface area contributed by atoms with Gasteiger partial charge in [0.2, 0.25) is 5.23 Å². The number of thioether (sulfide) groups is 1. The molecule has 0 bridgehead atoms. The Morgan fingerprint density at radius 3 is 2.92 bits per heavy atom. The minimum atomic E-state index is 0.119. The van der Waals surface area contributed by atoms with E-state index in [2.05, 4.69) is 31.1 Å². The Morgan fingerprint density at radius 2 is 2.33 bits per heavy atom. The smallest absolute Gasteiger partial charge is 0.247 e. The van der Waals surface area contributed by atoms with E-state index in [0.717, 1.165) is 5.23 Å². The van der Waals surface area contributed by atoms with Gasteiger partial charge in [0.15, 0.2) is 0 Å². The molecule has 0 aliphatic carbocycles. The zero-order valence-electron chi connectivity index (χ0n) is 8.05. The third-order valence-corrected chi connectivity index (χ3v) is 3.65. The molecule has 0 aromatic heterocycles. The van der Waals surface area contributed by atoms with Crippen molar-refractivity contribution in [2.75, 3.05) is 13.8 Å². The minimum Gasteiger partial charge on any atom is -0.476 e. The number of rotatable bonds is 0. The molecule has 1 unspecified atom stereocenters. The average molecular weight is 188 g/mol. The molecule has 0 amide bonds. The maximum absolute atomic E-state index is 5.11. The van der Waals surface area contributed by atoms with Crippen molar-refractivity contribution < 1.29 is 4.74 Å². The molecule has 3 nitrogen and oxygen atoms in total. The van der Waals surface area contributed by atoms with Crippen molar-refractivity contribution in [2.24, 2.45) is 4.99 Å². The Labute approximate surface area is 78.0 Å². The first-order valence-corrected chi connectivity index (χ1v) is 4.94. The quantitative estimate of drug-likeness (QED) is 0.624. The molecule has 0 saturated carbocycles. The molecule has 0 saturated heterocycles. The first-order valence-electron chi connectivity index (χ1n) is 4.06. The van der Waals surface area contributed by atoms with Crippen molar-refractivity contribution in [3.63, 3.8) is 0 Å². The van der Waals surface area contributed by atoms with E-state index in [1.54, 1.807) is 18.9 Å². The highest BCUT2D eigenvalue weighted by Gasteiger charge is 2.29. The fraction of sp³-hybridized carbons (Fsp3) is 0.875. The predicted molar refractivity (Wildman–Crippen MR) is 53.6 cm³/mol. The third kappa shape index (κ3) is 2.14. The van der Waals surface area contributed by atoms with Crippen LogP contribution in [-0.2, 0) is 4.74 Å². The number of aliphatic imine (C=N–C) groups is 1. The Kier molecular flexibility index (Phi) is 3.01. The average Bonchev–Trinajstić information content (AvgIpc) is 2.12. The molecule has 0 aromatic rings. The second-order valence-electron chi connectivity index (χ2n) is 3.44. The van der Waals surface area contributed by atoms with Crippen molar-refractivity contribution in [1.82, 2.24) is 5.32 Å². The van der Waals surface area contributed by atoms with E-state index in [-0.39, 0.29) is 5.54 Å². The molecule has 12 heavy (non-hydrogen) atoms. The van der Waals surface area contributed by atoms with Crippen LogP contribution in [0.3, 0.4) is 0 Å². The largest absolute Gasteiger partial charge is 0.476 e. The van der Waals surface area contributed by atoms with Gasteiger partial charge in [-0.05, 0) is 13.8 Å². The number of hydrogen-bond acceptors (Lipinski definition) is 4. The Bertz CT molecular complexity index is 191. The summed E-state index contributed by atoms with van der Waals surface area (Å²) < 4.78 is 5.11. The highest BCUT2D eigenvalue weighted by molar-refractivity contribution is 8.14. The second-order valence-corrected chi connectivity index (χ2v) is 4.74. The van der Waals surface area contributed by atoms with Crippen molar-refractivity contribution in [3.05, 3.63) is 0 Å². The Hall–Kier alpha value is -0.220. The van der Waals surface area contributed by atoms with Gasteiger partial charge in [0.25, 0.3) is 0 Å². The molecule has 1 aliphatic rings. The van der Waals surface area contributed by atoms with E-state index >= 15 is 0 Å². The standard InChI is InChI=1S/C8H16N2OS/c1-6-8(2,3)10-5-9-7(11-4)12-6/h6,10H,5H2,1-4H3. The molecular weight excluding hydrogens is 172 g/mol. The highest BCUT2D eigenvalue weighted by Crippen LogP contribution is 2.26. The molecule has 0 radical (unpaired) electrons. The summed E-state index contributed by atoms with van der Waals surface area (Å²) in [4.78, 5) is 4.23. The van der Waals surface area contributed by atoms with Crippen LogP contribution in [-0.4, -0.2) is 29.8 Å². The van der Waals surface area contributed by atoms with Crippen molar-refractivity contribution in [2.45, 2.75) is 31.6 Å².